The monoisotopic (exact) mass is 370 g/mol. The van der Waals surface area contributed by atoms with Crippen molar-refractivity contribution in [3.63, 3.8) is 0 Å². The predicted molar refractivity (Wildman–Crippen MR) is 102 cm³/mol. The first kappa shape index (κ1) is 22.9. The Balaban J connectivity index is 3.61. The third-order valence-corrected chi connectivity index (χ3v) is 5.63. The van der Waals surface area contributed by atoms with Crippen molar-refractivity contribution in [1.82, 2.24) is 4.90 Å². The molecule has 1 fully saturated rings. The second-order valence-electron chi connectivity index (χ2n) is 9.70. The number of rotatable bonds is 8. The number of hydrogen-bond acceptors (Lipinski definition) is 4. The van der Waals surface area contributed by atoms with Gasteiger partial charge in [-0.1, -0.05) is 34.1 Å². The lowest BCUT2D eigenvalue weighted by Gasteiger charge is -2.54. The Hall–Kier alpha value is -1.14. The summed E-state index contributed by atoms with van der Waals surface area (Å²) in [5.41, 5.74) is 2.00. The molecule has 0 aliphatic heterocycles. The Kier molecular flexibility index (Phi) is 6.58. The summed E-state index contributed by atoms with van der Waals surface area (Å²) >= 11 is 0. The number of carbonyl (C=O) groups is 2. The van der Waals surface area contributed by atoms with Gasteiger partial charge in [-0.25, -0.2) is 0 Å². The molecular formula is C20H38N2O4. The average Bonchev–Trinajstić information content (AvgIpc) is 2.31. The van der Waals surface area contributed by atoms with Gasteiger partial charge in [-0.3, -0.25) is 9.59 Å². The fourth-order valence-electron chi connectivity index (χ4n) is 4.72. The molecule has 1 rings (SSSR count). The van der Waals surface area contributed by atoms with E-state index in [-0.39, 0.29) is 17.7 Å². The molecule has 4 N–H and O–H groups in total. The SMILES string of the molecule is CC(C)C(N(C(=O)C1(C(N)=O)CCC1)C(C(C)C)C(C)(C)O)C(C)(C)O. The van der Waals surface area contributed by atoms with Gasteiger partial charge in [0, 0.05) is 0 Å². The highest BCUT2D eigenvalue weighted by atomic mass is 16.3. The third-order valence-electron chi connectivity index (χ3n) is 5.63. The van der Waals surface area contributed by atoms with Crippen LogP contribution in [0.1, 0.15) is 74.7 Å². The van der Waals surface area contributed by atoms with E-state index in [1.54, 1.807) is 32.6 Å². The second kappa shape index (κ2) is 7.47. The van der Waals surface area contributed by atoms with Crippen LogP contribution in [0.4, 0.5) is 0 Å². The molecule has 0 bridgehead atoms. The molecule has 0 spiro atoms. The van der Waals surface area contributed by atoms with E-state index in [2.05, 4.69) is 0 Å². The maximum Gasteiger partial charge on any atom is 0.238 e. The van der Waals surface area contributed by atoms with Crippen molar-refractivity contribution < 1.29 is 19.8 Å². The van der Waals surface area contributed by atoms with E-state index in [0.29, 0.717) is 12.8 Å². The molecule has 0 heterocycles. The molecule has 1 saturated carbocycles. The molecule has 6 heteroatoms. The number of hydrogen-bond donors (Lipinski definition) is 3. The summed E-state index contributed by atoms with van der Waals surface area (Å²) in [6.07, 6.45) is 1.61. The van der Waals surface area contributed by atoms with Crippen LogP contribution in [0.15, 0.2) is 0 Å². The Labute approximate surface area is 158 Å². The Morgan fingerprint density at radius 2 is 1.27 bits per heavy atom. The smallest absolute Gasteiger partial charge is 0.238 e. The first-order chi connectivity index (χ1) is 11.6. The Morgan fingerprint density at radius 1 is 0.923 bits per heavy atom. The number of primary amides is 1. The van der Waals surface area contributed by atoms with E-state index in [4.69, 9.17) is 5.73 Å². The van der Waals surface area contributed by atoms with Crippen molar-refractivity contribution in [1.29, 1.82) is 0 Å². The largest absolute Gasteiger partial charge is 0.388 e. The zero-order chi connectivity index (χ0) is 20.7. The normalized spacial score (nSPS) is 19.8. The molecule has 0 aromatic carbocycles. The van der Waals surface area contributed by atoms with Gasteiger partial charge in [0.05, 0.1) is 23.3 Å². The van der Waals surface area contributed by atoms with Crippen LogP contribution in [0.25, 0.3) is 0 Å². The minimum absolute atomic E-state index is 0.0763. The summed E-state index contributed by atoms with van der Waals surface area (Å²) in [4.78, 5) is 27.4. The predicted octanol–water partition coefficient (Wildman–Crippen LogP) is 2.06. The van der Waals surface area contributed by atoms with Gasteiger partial charge in [0.15, 0.2) is 0 Å². The van der Waals surface area contributed by atoms with Gasteiger partial charge in [-0.05, 0) is 52.4 Å². The molecule has 0 aromatic heterocycles. The summed E-state index contributed by atoms with van der Waals surface area (Å²) in [6, 6.07) is -1.13. The van der Waals surface area contributed by atoms with Crippen molar-refractivity contribution in [3.8, 4) is 0 Å². The van der Waals surface area contributed by atoms with Gasteiger partial charge in [-0.15, -0.1) is 0 Å². The quantitative estimate of drug-likeness (QED) is 0.569. The number of carbonyl (C=O) groups excluding carboxylic acids is 2. The maximum absolute atomic E-state index is 13.7. The summed E-state index contributed by atoms with van der Waals surface area (Å²) < 4.78 is 0. The van der Waals surface area contributed by atoms with Crippen molar-refractivity contribution >= 4 is 11.8 Å². The second-order valence-corrected chi connectivity index (χ2v) is 9.70. The molecule has 0 saturated heterocycles. The molecule has 26 heavy (non-hydrogen) atoms. The Bertz CT molecular complexity index is 499. The van der Waals surface area contributed by atoms with Crippen LogP contribution in [-0.4, -0.2) is 50.2 Å². The standard InChI is InChI=1S/C20H38N2O4/c1-12(2)14(18(5,6)25)22(15(13(3)4)19(7,8)26)17(24)20(16(21)23)10-9-11-20/h12-15,25-26H,9-11H2,1-8H3,(H2,21,23). The van der Waals surface area contributed by atoms with Gasteiger partial charge >= 0.3 is 0 Å². The molecule has 0 aromatic rings. The summed E-state index contributed by atoms with van der Waals surface area (Å²) in [5, 5.41) is 21.7. The van der Waals surface area contributed by atoms with Crippen LogP contribution in [0.3, 0.4) is 0 Å². The van der Waals surface area contributed by atoms with Crippen LogP contribution < -0.4 is 5.73 Å². The average molecular weight is 371 g/mol. The van der Waals surface area contributed by atoms with Crippen LogP contribution in [0.2, 0.25) is 0 Å². The zero-order valence-electron chi connectivity index (χ0n) is 17.7. The van der Waals surface area contributed by atoms with Gasteiger partial charge < -0.3 is 20.8 Å². The molecule has 2 unspecified atom stereocenters. The minimum atomic E-state index is -1.23. The zero-order valence-corrected chi connectivity index (χ0v) is 17.7. The number of nitrogens with two attached hydrogens (primary N) is 1. The first-order valence-corrected chi connectivity index (χ1v) is 9.64. The van der Waals surface area contributed by atoms with Crippen LogP contribution in [0.5, 0.6) is 0 Å². The van der Waals surface area contributed by atoms with Crippen molar-refractivity contribution in [2.45, 2.75) is 97.9 Å². The van der Waals surface area contributed by atoms with Gasteiger partial charge in [-0.2, -0.15) is 0 Å². The lowest BCUT2D eigenvalue weighted by atomic mass is 9.65. The van der Waals surface area contributed by atoms with Crippen molar-refractivity contribution in [2.24, 2.45) is 23.0 Å². The number of amides is 2. The third kappa shape index (κ3) is 4.22. The van der Waals surface area contributed by atoms with E-state index in [1.807, 2.05) is 27.7 Å². The highest BCUT2D eigenvalue weighted by molar-refractivity contribution is 6.05. The lowest BCUT2D eigenvalue weighted by Crippen LogP contribution is -2.69. The van der Waals surface area contributed by atoms with E-state index in [0.717, 1.165) is 6.42 Å². The fourth-order valence-corrected chi connectivity index (χ4v) is 4.72. The molecule has 152 valence electrons. The molecule has 1 aliphatic rings. The first-order valence-electron chi connectivity index (χ1n) is 9.64. The number of nitrogens with zero attached hydrogens (tertiary/aromatic N) is 1. The summed E-state index contributed by atoms with van der Waals surface area (Å²) in [7, 11) is 0. The minimum Gasteiger partial charge on any atom is -0.388 e. The molecule has 1 aliphatic carbocycles. The Morgan fingerprint density at radius 3 is 1.42 bits per heavy atom. The van der Waals surface area contributed by atoms with Crippen LogP contribution in [0, 0.1) is 17.3 Å². The van der Waals surface area contributed by atoms with E-state index in [1.165, 1.54) is 0 Å². The molecule has 2 amide bonds. The fraction of sp³-hybridized carbons (Fsp3) is 0.900. The van der Waals surface area contributed by atoms with Gasteiger partial charge in [0.25, 0.3) is 0 Å². The molecule has 2 atom stereocenters. The molecule has 0 radical (unpaired) electrons. The highest BCUT2D eigenvalue weighted by Gasteiger charge is 2.56. The van der Waals surface area contributed by atoms with Crippen LogP contribution in [-0.2, 0) is 9.59 Å². The topological polar surface area (TPSA) is 104 Å². The summed E-state index contributed by atoms with van der Waals surface area (Å²) in [6.45, 7) is 14.4. The maximum atomic E-state index is 13.7. The van der Waals surface area contributed by atoms with Gasteiger partial charge in [0.2, 0.25) is 11.8 Å². The van der Waals surface area contributed by atoms with E-state index >= 15 is 0 Å². The molecule has 6 nitrogen and oxygen atoms in total. The lowest BCUT2D eigenvalue weighted by molar-refractivity contribution is -0.177. The number of aliphatic hydroxyl groups is 2. The summed E-state index contributed by atoms with van der Waals surface area (Å²) in [5.74, 6) is -1.13. The van der Waals surface area contributed by atoms with Crippen molar-refractivity contribution in [3.05, 3.63) is 0 Å². The van der Waals surface area contributed by atoms with Gasteiger partial charge in [0.1, 0.15) is 5.41 Å². The highest BCUT2D eigenvalue weighted by Crippen LogP contribution is 2.45. The van der Waals surface area contributed by atoms with Crippen LogP contribution >= 0.6 is 0 Å². The van der Waals surface area contributed by atoms with Crippen molar-refractivity contribution in [2.75, 3.05) is 0 Å². The van der Waals surface area contributed by atoms with E-state index < -0.39 is 34.6 Å². The van der Waals surface area contributed by atoms with E-state index in [9.17, 15) is 19.8 Å². The molecular weight excluding hydrogens is 332 g/mol.